The highest BCUT2D eigenvalue weighted by atomic mass is 79.9. The van der Waals surface area contributed by atoms with Crippen LogP contribution in [0.25, 0.3) is 22.2 Å². The van der Waals surface area contributed by atoms with Crippen LogP contribution in [-0.4, -0.2) is 44.8 Å². The van der Waals surface area contributed by atoms with Crippen molar-refractivity contribution >= 4 is 111 Å². The van der Waals surface area contributed by atoms with Crippen LogP contribution in [0.15, 0.2) is 65.1 Å². The highest BCUT2D eigenvalue weighted by Gasteiger charge is 2.52. The van der Waals surface area contributed by atoms with E-state index in [0.717, 1.165) is 10.0 Å². The number of imide groups is 1. The lowest BCUT2D eigenvalue weighted by Crippen LogP contribution is -2.34. The number of Topliss-reactive ketones (excluding diaryl/α,β-unsaturated/α-hetero) is 1. The molecule has 1 saturated heterocycles. The molecule has 4 unspecified atom stereocenters. The van der Waals surface area contributed by atoms with Crippen LogP contribution in [0.1, 0.15) is 39.1 Å². The first-order valence-electron chi connectivity index (χ1n) is 14.0. The molecule has 2 aliphatic rings. The van der Waals surface area contributed by atoms with Crippen LogP contribution in [0.5, 0.6) is 0 Å². The van der Waals surface area contributed by atoms with E-state index in [1.165, 1.54) is 23.1 Å². The number of amides is 2. The van der Waals surface area contributed by atoms with Gasteiger partial charge in [-0.05, 0) is 73.9 Å². The van der Waals surface area contributed by atoms with E-state index in [1.54, 1.807) is 36.4 Å². The Bertz CT molecular complexity index is 1870. The quantitative estimate of drug-likeness (QED) is 0.0835. The summed E-state index contributed by atoms with van der Waals surface area (Å²) in [5.74, 6) is -2.26. The van der Waals surface area contributed by atoms with E-state index < -0.39 is 18.4 Å². The van der Waals surface area contributed by atoms with Gasteiger partial charge in [0.1, 0.15) is 0 Å². The van der Waals surface area contributed by atoms with E-state index in [4.69, 9.17) is 32.9 Å². The highest BCUT2D eigenvalue weighted by Crippen LogP contribution is 2.44. The molecule has 230 valence electrons. The number of nitrogens with zero attached hydrogens (tertiary/aromatic N) is 2. The molecule has 2 heterocycles. The second kappa shape index (κ2) is 12.9. The molecule has 0 N–H and O–H groups in total. The maximum absolute atomic E-state index is 13.4. The molecule has 2 fully saturated rings. The molecule has 1 aromatic heterocycles. The summed E-state index contributed by atoms with van der Waals surface area (Å²) in [4.78, 5) is 59.2. The molecule has 0 bridgehead atoms. The van der Waals surface area contributed by atoms with Crippen molar-refractivity contribution in [3.05, 3.63) is 91.9 Å². The van der Waals surface area contributed by atoms with Gasteiger partial charge in [0.25, 0.3) is 0 Å². The maximum atomic E-state index is 13.4. The molecular formula is C33H23Br3Cl2N2O5. The van der Waals surface area contributed by atoms with Crippen LogP contribution >= 0.6 is 71.0 Å². The number of aryl methyl sites for hydroxylation is 1. The van der Waals surface area contributed by atoms with Gasteiger partial charge in [0.2, 0.25) is 17.6 Å². The number of esters is 1. The van der Waals surface area contributed by atoms with E-state index in [0.29, 0.717) is 45.7 Å². The number of rotatable bonds is 6. The standard InChI is InChI=1S/C33H23Br3Cl2N2O5/c1-15-8-17(34)9-21-24(33(44)45-14-29(41)20-7-4-18(37)10-27(20)38)13-28(39-30(15)21)16-2-5-19(6-3-16)40-31(42)22-11-25(35)26(36)12-23(22)32(40)43/h2-10,13,22-23,25-26H,11-12,14H2,1H3. The summed E-state index contributed by atoms with van der Waals surface area (Å²) in [6.07, 6.45) is 1.18. The van der Waals surface area contributed by atoms with Crippen LogP contribution < -0.4 is 4.90 Å². The van der Waals surface area contributed by atoms with E-state index in [9.17, 15) is 19.2 Å². The first kappa shape index (κ1) is 32.3. The molecule has 3 aromatic carbocycles. The Hall–Kier alpha value is -2.63. The van der Waals surface area contributed by atoms with E-state index in [2.05, 4.69) is 47.8 Å². The summed E-state index contributed by atoms with van der Waals surface area (Å²) in [5, 5.41) is 1.10. The molecule has 0 radical (unpaired) electrons. The number of hydrogen-bond acceptors (Lipinski definition) is 6. The maximum Gasteiger partial charge on any atom is 0.339 e. The lowest BCUT2D eigenvalue weighted by atomic mass is 9.81. The monoisotopic (exact) mass is 834 g/mol. The van der Waals surface area contributed by atoms with Gasteiger partial charge in [-0.3, -0.25) is 19.3 Å². The zero-order valence-corrected chi connectivity index (χ0v) is 29.8. The zero-order valence-electron chi connectivity index (χ0n) is 23.5. The third-order valence-electron chi connectivity index (χ3n) is 8.19. The number of carbonyl (C=O) groups is 4. The second-order valence-electron chi connectivity index (χ2n) is 11.1. The topological polar surface area (TPSA) is 93.6 Å². The fourth-order valence-corrected chi connectivity index (χ4v) is 8.23. The van der Waals surface area contributed by atoms with Gasteiger partial charge in [-0.1, -0.05) is 83.1 Å². The number of aromatic nitrogens is 1. The minimum Gasteiger partial charge on any atom is -0.454 e. The van der Waals surface area contributed by atoms with Crippen LogP contribution in [-0.2, 0) is 14.3 Å². The predicted octanol–water partition coefficient (Wildman–Crippen LogP) is 8.75. The Labute approximate surface area is 294 Å². The molecule has 2 amide bonds. The summed E-state index contributed by atoms with van der Waals surface area (Å²) in [5.41, 5.74) is 3.46. The molecule has 1 aliphatic heterocycles. The van der Waals surface area contributed by atoms with Crippen LogP contribution in [0.2, 0.25) is 10.0 Å². The number of ether oxygens (including phenoxy) is 1. The number of hydrogen-bond donors (Lipinski definition) is 0. The van der Waals surface area contributed by atoms with Gasteiger partial charge < -0.3 is 4.74 Å². The molecule has 0 spiro atoms. The van der Waals surface area contributed by atoms with Crippen molar-refractivity contribution in [2.45, 2.75) is 29.4 Å². The minimum absolute atomic E-state index is 0.120. The summed E-state index contributed by atoms with van der Waals surface area (Å²) in [7, 11) is 0. The molecule has 1 aliphatic carbocycles. The van der Waals surface area contributed by atoms with E-state index in [1.807, 2.05) is 13.0 Å². The number of halogens is 5. The molecule has 7 nitrogen and oxygen atoms in total. The fraction of sp³-hybridized carbons (Fsp3) is 0.242. The Morgan fingerprint density at radius 1 is 0.911 bits per heavy atom. The van der Waals surface area contributed by atoms with Crippen LogP contribution in [0, 0.1) is 18.8 Å². The van der Waals surface area contributed by atoms with Crippen LogP contribution in [0.3, 0.4) is 0 Å². The van der Waals surface area contributed by atoms with Crippen molar-refractivity contribution in [2.24, 2.45) is 11.8 Å². The van der Waals surface area contributed by atoms with Crippen molar-refractivity contribution in [3.63, 3.8) is 0 Å². The molecule has 4 atom stereocenters. The molecule has 45 heavy (non-hydrogen) atoms. The van der Waals surface area contributed by atoms with Gasteiger partial charge in [0.15, 0.2) is 6.61 Å². The Balaban J connectivity index is 1.30. The van der Waals surface area contributed by atoms with Crippen molar-refractivity contribution in [1.29, 1.82) is 0 Å². The SMILES string of the molecule is Cc1cc(Br)cc2c(C(=O)OCC(=O)c3ccc(Cl)cc3Cl)cc(-c3ccc(N4C(=O)C5CC(Br)C(Br)CC5C4=O)cc3)nc12. The van der Waals surface area contributed by atoms with Gasteiger partial charge in [-0.2, -0.15) is 0 Å². The number of pyridine rings is 1. The minimum atomic E-state index is -0.706. The van der Waals surface area contributed by atoms with E-state index in [-0.39, 0.29) is 49.5 Å². The normalized spacial score (nSPS) is 21.2. The smallest absolute Gasteiger partial charge is 0.339 e. The average Bonchev–Trinajstić information content (AvgIpc) is 3.23. The number of ketones is 1. The first-order valence-corrected chi connectivity index (χ1v) is 17.3. The van der Waals surface area contributed by atoms with Gasteiger partial charge in [0.05, 0.1) is 39.3 Å². The van der Waals surface area contributed by atoms with Crippen molar-refractivity contribution in [2.75, 3.05) is 11.5 Å². The largest absolute Gasteiger partial charge is 0.454 e. The predicted molar refractivity (Wildman–Crippen MR) is 185 cm³/mol. The van der Waals surface area contributed by atoms with Crippen molar-refractivity contribution in [1.82, 2.24) is 4.98 Å². The van der Waals surface area contributed by atoms with Crippen molar-refractivity contribution in [3.8, 4) is 11.3 Å². The lowest BCUT2D eigenvalue weighted by Gasteiger charge is -2.29. The van der Waals surface area contributed by atoms with Gasteiger partial charge in [0, 0.05) is 35.7 Å². The number of benzene rings is 3. The molecule has 12 heteroatoms. The highest BCUT2D eigenvalue weighted by molar-refractivity contribution is 9.12. The summed E-state index contributed by atoms with van der Waals surface area (Å²) < 4.78 is 6.22. The van der Waals surface area contributed by atoms with Gasteiger partial charge in [-0.25, -0.2) is 9.78 Å². The van der Waals surface area contributed by atoms with Crippen LogP contribution in [0.4, 0.5) is 5.69 Å². The van der Waals surface area contributed by atoms with Crippen molar-refractivity contribution < 1.29 is 23.9 Å². The molecule has 1 saturated carbocycles. The number of alkyl halides is 2. The summed E-state index contributed by atoms with van der Waals surface area (Å²) in [6.45, 7) is 1.36. The van der Waals surface area contributed by atoms with E-state index >= 15 is 0 Å². The molecular weight excluding hydrogens is 815 g/mol. The third kappa shape index (κ3) is 6.24. The Morgan fingerprint density at radius 2 is 1.56 bits per heavy atom. The number of fused-ring (bicyclic) bond motifs is 2. The lowest BCUT2D eigenvalue weighted by molar-refractivity contribution is -0.122. The number of anilines is 1. The fourth-order valence-electron chi connectivity index (χ4n) is 5.91. The summed E-state index contributed by atoms with van der Waals surface area (Å²) >= 11 is 22.8. The molecule has 4 aromatic rings. The first-order chi connectivity index (χ1) is 21.4. The second-order valence-corrected chi connectivity index (χ2v) is 15.2. The van der Waals surface area contributed by atoms with Gasteiger partial charge in [-0.15, -0.1) is 0 Å². The Morgan fingerprint density at radius 3 is 2.18 bits per heavy atom. The average molecular weight is 838 g/mol. The third-order valence-corrected chi connectivity index (χ3v) is 11.9. The Kier molecular flexibility index (Phi) is 9.24. The number of carbonyl (C=O) groups excluding carboxylic acids is 4. The zero-order chi connectivity index (χ0) is 32.2. The molecule has 6 rings (SSSR count). The summed E-state index contributed by atoms with van der Waals surface area (Å²) in [6, 6.07) is 16.7. The van der Waals surface area contributed by atoms with Gasteiger partial charge >= 0.3 is 5.97 Å².